The van der Waals surface area contributed by atoms with E-state index in [4.69, 9.17) is 4.74 Å². The minimum Gasteiger partial charge on any atom is -0.379 e. The third kappa shape index (κ3) is 5.87. The second-order valence-corrected chi connectivity index (χ2v) is 6.19. The molecule has 0 aromatic heterocycles. The van der Waals surface area contributed by atoms with Crippen LogP contribution in [-0.2, 0) is 4.74 Å². The van der Waals surface area contributed by atoms with E-state index in [1.165, 1.54) is 38.5 Å². The summed E-state index contributed by atoms with van der Waals surface area (Å²) in [5.41, 5.74) is 0.0335. The molecule has 0 aliphatic heterocycles. The highest BCUT2D eigenvalue weighted by atomic mass is 16.5. The van der Waals surface area contributed by atoms with E-state index >= 15 is 0 Å². The van der Waals surface area contributed by atoms with Crippen LogP contribution in [0.3, 0.4) is 0 Å². The van der Waals surface area contributed by atoms with Gasteiger partial charge in [-0.25, -0.2) is 0 Å². The first kappa shape index (κ1) is 15.0. The Morgan fingerprint density at radius 1 is 1.35 bits per heavy atom. The van der Waals surface area contributed by atoms with Crippen LogP contribution in [0.2, 0.25) is 0 Å². The zero-order valence-corrected chi connectivity index (χ0v) is 12.2. The third-order valence-electron chi connectivity index (χ3n) is 4.17. The van der Waals surface area contributed by atoms with Crippen LogP contribution < -0.4 is 5.32 Å². The van der Waals surface area contributed by atoms with Gasteiger partial charge in [0, 0.05) is 13.2 Å². The molecule has 1 saturated carbocycles. The molecule has 17 heavy (non-hydrogen) atoms. The average Bonchev–Trinajstić information content (AvgIpc) is 2.25. The number of nitrogens with one attached hydrogen (secondary N) is 1. The van der Waals surface area contributed by atoms with Gasteiger partial charge in [-0.1, -0.05) is 26.2 Å². The van der Waals surface area contributed by atoms with Crippen molar-refractivity contribution in [3.8, 4) is 0 Å². The molecule has 1 atom stereocenters. The van der Waals surface area contributed by atoms with Crippen LogP contribution in [0.25, 0.3) is 0 Å². The second-order valence-electron chi connectivity index (χ2n) is 6.19. The van der Waals surface area contributed by atoms with Gasteiger partial charge in [0.05, 0.1) is 5.60 Å². The Morgan fingerprint density at radius 3 is 2.53 bits per heavy atom. The molecule has 1 aliphatic carbocycles. The van der Waals surface area contributed by atoms with Gasteiger partial charge in [0.2, 0.25) is 0 Å². The monoisotopic (exact) mass is 241 g/mol. The maximum atomic E-state index is 5.51. The van der Waals surface area contributed by atoms with Crippen molar-refractivity contribution in [2.75, 3.05) is 13.7 Å². The lowest BCUT2D eigenvalue weighted by molar-refractivity contribution is 0.0108. The molecule has 1 unspecified atom stereocenters. The predicted octanol–water partition coefficient (Wildman–Crippen LogP) is 3.75. The van der Waals surface area contributed by atoms with Crippen molar-refractivity contribution in [2.24, 2.45) is 5.92 Å². The molecule has 0 heterocycles. The molecule has 0 spiro atoms. The Kier molecular flexibility index (Phi) is 6.50. The standard InChI is InChI=1S/C15H31NO/c1-5-11-16-14(12-13-7-6-8-13)9-10-15(2,3)17-4/h13-14,16H,5-12H2,1-4H3. The summed E-state index contributed by atoms with van der Waals surface area (Å²) < 4.78 is 5.51. The number of hydrogen-bond acceptors (Lipinski definition) is 2. The minimum atomic E-state index is 0.0335. The molecule has 0 radical (unpaired) electrons. The number of hydrogen-bond donors (Lipinski definition) is 1. The van der Waals surface area contributed by atoms with Crippen molar-refractivity contribution in [1.29, 1.82) is 0 Å². The van der Waals surface area contributed by atoms with E-state index in [0.29, 0.717) is 6.04 Å². The molecule has 1 rings (SSSR count). The fourth-order valence-corrected chi connectivity index (χ4v) is 2.41. The Bertz CT molecular complexity index is 199. The van der Waals surface area contributed by atoms with Crippen LogP contribution >= 0.6 is 0 Å². The fourth-order valence-electron chi connectivity index (χ4n) is 2.41. The highest BCUT2D eigenvalue weighted by Crippen LogP contribution is 2.32. The first-order valence-corrected chi connectivity index (χ1v) is 7.36. The van der Waals surface area contributed by atoms with Crippen LogP contribution in [0.5, 0.6) is 0 Å². The van der Waals surface area contributed by atoms with Gasteiger partial charge in [0.25, 0.3) is 0 Å². The molecule has 0 amide bonds. The fraction of sp³-hybridized carbons (Fsp3) is 1.00. The summed E-state index contributed by atoms with van der Waals surface area (Å²) in [5.74, 6) is 0.995. The van der Waals surface area contributed by atoms with Gasteiger partial charge in [0.1, 0.15) is 0 Å². The Hall–Kier alpha value is -0.0800. The quantitative estimate of drug-likeness (QED) is 0.664. The lowest BCUT2D eigenvalue weighted by Gasteiger charge is -2.32. The Balaban J connectivity index is 2.28. The Labute approximate surface area is 108 Å². The smallest absolute Gasteiger partial charge is 0.0623 e. The summed E-state index contributed by atoms with van der Waals surface area (Å²) >= 11 is 0. The molecule has 102 valence electrons. The van der Waals surface area contributed by atoms with E-state index in [0.717, 1.165) is 18.9 Å². The maximum absolute atomic E-state index is 5.51. The predicted molar refractivity (Wildman–Crippen MR) is 74.4 cm³/mol. The molecule has 0 saturated heterocycles. The van der Waals surface area contributed by atoms with Crippen LogP contribution in [0.15, 0.2) is 0 Å². The molecule has 0 bridgehead atoms. The summed E-state index contributed by atoms with van der Waals surface area (Å²) in [6, 6.07) is 0.703. The molecule has 1 N–H and O–H groups in total. The first-order valence-electron chi connectivity index (χ1n) is 7.36. The highest BCUT2D eigenvalue weighted by molar-refractivity contribution is 4.80. The van der Waals surface area contributed by atoms with Crippen molar-refractivity contribution in [3.63, 3.8) is 0 Å². The van der Waals surface area contributed by atoms with Crippen molar-refractivity contribution in [2.45, 2.75) is 77.4 Å². The minimum absolute atomic E-state index is 0.0335. The van der Waals surface area contributed by atoms with Crippen molar-refractivity contribution in [1.82, 2.24) is 5.32 Å². The van der Waals surface area contributed by atoms with Crippen molar-refractivity contribution < 1.29 is 4.74 Å². The van der Waals surface area contributed by atoms with E-state index in [9.17, 15) is 0 Å². The first-order chi connectivity index (χ1) is 8.07. The summed E-state index contributed by atoms with van der Waals surface area (Å²) in [6.45, 7) is 7.78. The lowest BCUT2D eigenvalue weighted by atomic mass is 9.79. The molecule has 1 aliphatic rings. The van der Waals surface area contributed by atoms with E-state index in [-0.39, 0.29) is 5.60 Å². The van der Waals surface area contributed by atoms with Gasteiger partial charge >= 0.3 is 0 Å². The van der Waals surface area contributed by atoms with E-state index in [2.05, 4.69) is 26.1 Å². The van der Waals surface area contributed by atoms with Crippen molar-refractivity contribution >= 4 is 0 Å². The second kappa shape index (κ2) is 7.38. The topological polar surface area (TPSA) is 21.3 Å². The number of methoxy groups -OCH3 is 1. The van der Waals surface area contributed by atoms with Gasteiger partial charge in [-0.3, -0.25) is 0 Å². The number of ether oxygens (including phenoxy) is 1. The van der Waals surface area contributed by atoms with Gasteiger partial charge in [-0.15, -0.1) is 0 Å². The number of rotatable bonds is 9. The van der Waals surface area contributed by atoms with E-state index in [1.807, 2.05) is 7.11 Å². The zero-order chi connectivity index (χ0) is 12.7. The average molecular weight is 241 g/mol. The summed E-state index contributed by atoms with van der Waals surface area (Å²) in [4.78, 5) is 0. The third-order valence-corrected chi connectivity index (χ3v) is 4.17. The SMILES string of the molecule is CCCNC(CCC(C)(C)OC)CC1CCC1. The molecule has 0 aromatic carbocycles. The van der Waals surface area contributed by atoms with Gasteiger partial charge in [-0.05, 0) is 52.0 Å². The largest absolute Gasteiger partial charge is 0.379 e. The molecular formula is C15H31NO. The van der Waals surface area contributed by atoms with E-state index in [1.54, 1.807) is 0 Å². The van der Waals surface area contributed by atoms with Gasteiger partial charge in [0.15, 0.2) is 0 Å². The lowest BCUT2D eigenvalue weighted by Crippen LogP contribution is -2.35. The normalized spacial score (nSPS) is 19.1. The van der Waals surface area contributed by atoms with Gasteiger partial charge in [-0.2, -0.15) is 0 Å². The van der Waals surface area contributed by atoms with Crippen molar-refractivity contribution in [3.05, 3.63) is 0 Å². The summed E-state index contributed by atoms with van der Waals surface area (Å²) in [6.07, 6.45) is 9.37. The van der Waals surface area contributed by atoms with E-state index < -0.39 is 0 Å². The Morgan fingerprint density at radius 2 is 2.06 bits per heavy atom. The molecule has 2 heteroatoms. The van der Waals surface area contributed by atoms with Crippen LogP contribution in [-0.4, -0.2) is 25.3 Å². The molecule has 1 fully saturated rings. The molecule has 0 aromatic rings. The zero-order valence-electron chi connectivity index (χ0n) is 12.2. The van der Waals surface area contributed by atoms with Crippen LogP contribution in [0.4, 0.5) is 0 Å². The highest BCUT2D eigenvalue weighted by Gasteiger charge is 2.24. The summed E-state index contributed by atoms with van der Waals surface area (Å²) in [5, 5.41) is 3.71. The molecular weight excluding hydrogens is 210 g/mol. The van der Waals surface area contributed by atoms with Crippen LogP contribution in [0, 0.1) is 5.92 Å². The van der Waals surface area contributed by atoms with Gasteiger partial charge < -0.3 is 10.1 Å². The van der Waals surface area contributed by atoms with Crippen LogP contribution in [0.1, 0.15) is 65.7 Å². The molecule has 2 nitrogen and oxygen atoms in total. The maximum Gasteiger partial charge on any atom is 0.0623 e. The summed E-state index contributed by atoms with van der Waals surface area (Å²) in [7, 11) is 1.82.